The summed E-state index contributed by atoms with van der Waals surface area (Å²) in [6.07, 6.45) is 2.49. The lowest BCUT2D eigenvalue weighted by Gasteiger charge is -2.35. The molecule has 3 aromatic carbocycles. The van der Waals surface area contributed by atoms with Crippen LogP contribution in [0.2, 0.25) is 0 Å². The van der Waals surface area contributed by atoms with Gasteiger partial charge in [0.05, 0.1) is 0 Å². The third-order valence-corrected chi connectivity index (χ3v) is 7.75. The molecule has 0 aliphatic carbocycles. The Labute approximate surface area is 231 Å². The lowest BCUT2D eigenvalue weighted by Crippen LogP contribution is -2.41. The second-order valence-corrected chi connectivity index (χ2v) is 10.2. The molecule has 1 N–H and O–H groups in total. The van der Waals surface area contributed by atoms with Crippen molar-refractivity contribution in [3.05, 3.63) is 105 Å². The number of benzene rings is 3. The summed E-state index contributed by atoms with van der Waals surface area (Å²) >= 11 is 0. The minimum atomic E-state index is -1.15. The minimum absolute atomic E-state index is 0.234. The normalized spacial score (nSPS) is 17.1. The van der Waals surface area contributed by atoms with Crippen molar-refractivity contribution in [2.75, 3.05) is 37.0 Å². The third kappa shape index (κ3) is 3.87. The largest absolute Gasteiger partial charge is 0.456 e. The summed E-state index contributed by atoms with van der Waals surface area (Å²) in [4.78, 5) is 42.4. The van der Waals surface area contributed by atoms with E-state index in [0.717, 1.165) is 36.1 Å². The van der Waals surface area contributed by atoms with Gasteiger partial charge in [0.1, 0.15) is 34.5 Å². The molecule has 1 amide bonds. The third-order valence-electron chi connectivity index (χ3n) is 7.75. The van der Waals surface area contributed by atoms with E-state index in [4.69, 9.17) is 9.15 Å². The SMILES string of the molecule is CCN(CC)c1ccc2cc(C3=CC4(NC(=O)c5ccc(C=O)cc54)c4ccc(N(C)C)cc4O3)c(=O)oc2c1. The van der Waals surface area contributed by atoms with E-state index in [1.54, 1.807) is 30.3 Å². The zero-order valence-electron chi connectivity index (χ0n) is 22.8. The van der Waals surface area contributed by atoms with Crippen LogP contribution < -0.4 is 25.5 Å². The molecule has 1 unspecified atom stereocenters. The fourth-order valence-corrected chi connectivity index (χ4v) is 5.61. The molecule has 8 nitrogen and oxygen atoms in total. The number of aldehydes is 1. The van der Waals surface area contributed by atoms with Gasteiger partial charge in [0.25, 0.3) is 5.91 Å². The summed E-state index contributed by atoms with van der Waals surface area (Å²) < 4.78 is 12.2. The molecule has 0 bridgehead atoms. The van der Waals surface area contributed by atoms with Gasteiger partial charge in [-0.3, -0.25) is 9.59 Å². The molecule has 1 atom stereocenters. The van der Waals surface area contributed by atoms with Crippen LogP contribution in [0.25, 0.3) is 16.7 Å². The number of amides is 1. The van der Waals surface area contributed by atoms with Gasteiger partial charge < -0.3 is 24.3 Å². The molecule has 1 aromatic heterocycles. The van der Waals surface area contributed by atoms with E-state index in [-0.39, 0.29) is 17.2 Å². The van der Waals surface area contributed by atoms with Gasteiger partial charge in [-0.15, -0.1) is 0 Å². The molecule has 0 radical (unpaired) electrons. The van der Waals surface area contributed by atoms with E-state index in [1.807, 2.05) is 55.4 Å². The van der Waals surface area contributed by atoms with E-state index in [1.165, 1.54) is 0 Å². The van der Waals surface area contributed by atoms with Crippen molar-refractivity contribution in [1.29, 1.82) is 0 Å². The molecule has 3 heterocycles. The predicted octanol–water partition coefficient (Wildman–Crippen LogP) is 4.94. The van der Waals surface area contributed by atoms with Crippen LogP contribution in [0.5, 0.6) is 5.75 Å². The highest BCUT2D eigenvalue weighted by molar-refractivity contribution is 6.03. The van der Waals surface area contributed by atoms with Crippen molar-refractivity contribution >= 4 is 40.3 Å². The average Bonchev–Trinajstić information content (AvgIpc) is 3.23. The standard InChI is InChI=1S/C32H29N3O5/c1-5-35(6-2)22-9-8-20-14-24(31(38)40-27(20)16-22)29-17-32(25-12-10-21(34(3)4)15-28(25)39-29)26-13-19(18-36)7-11-23(26)30(37)33-32/h7-18H,5-6H2,1-4H3,(H,33,37). The number of fused-ring (bicyclic) bond motifs is 5. The minimum Gasteiger partial charge on any atom is -0.456 e. The summed E-state index contributed by atoms with van der Waals surface area (Å²) in [6.45, 7) is 5.82. The first-order valence-electron chi connectivity index (χ1n) is 13.3. The lowest BCUT2D eigenvalue weighted by atomic mass is 9.80. The van der Waals surface area contributed by atoms with Crippen molar-refractivity contribution in [3.63, 3.8) is 0 Å². The Morgan fingerprint density at radius 3 is 2.38 bits per heavy atom. The number of carbonyl (C=O) groups excluding carboxylic acids is 2. The zero-order valence-corrected chi connectivity index (χ0v) is 22.8. The Morgan fingerprint density at radius 2 is 1.65 bits per heavy atom. The summed E-state index contributed by atoms with van der Waals surface area (Å²) in [5.74, 6) is 0.475. The van der Waals surface area contributed by atoms with Gasteiger partial charge in [-0.2, -0.15) is 0 Å². The van der Waals surface area contributed by atoms with Crippen molar-refractivity contribution in [3.8, 4) is 5.75 Å². The molecular weight excluding hydrogens is 506 g/mol. The predicted molar refractivity (Wildman–Crippen MR) is 155 cm³/mol. The maximum absolute atomic E-state index is 13.4. The highest BCUT2D eigenvalue weighted by Crippen LogP contribution is 2.48. The molecule has 0 saturated heterocycles. The van der Waals surface area contributed by atoms with Crippen LogP contribution in [0.15, 0.2) is 76.0 Å². The molecule has 0 fully saturated rings. The summed E-state index contributed by atoms with van der Waals surface area (Å²) in [5.41, 5.74) is 3.10. The molecule has 202 valence electrons. The molecule has 8 heteroatoms. The van der Waals surface area contributed by atoms with Crippen LogP contribution >= 0.6 is 0 Å². The molecule has 2 aliphatic heterocycles. The van der Waals surface area contributed by atoms with Crippen molar-refractivity contribution in [2.24, 2.45) is 0 Å². The summed E-state index contributed by atoms with van der Waals surface area (Å²) in [6, 6.07) is 18.3. The highest BCUT2D eigenvalue weighted by atomic mass is 16.5. The molecule has 1 spiro atoms. The van der Waals surface area contributed by atoms with Crippen molar-refractivity contribution < 1.29 is 18.7 Å². The monoisotopic (exact) mass is 535 g/mol. The second-order valence-electron chi connectivity index (χ2n) is 10.2. The Kier molecular flexibility index (Phi) is 5.98. The number of hydrogen-bond donors (Lipinski definition) is 1. The van der Waals surface area contributed by atoms with Gasteiger partial charge in [-0.25, -0.2) is 4.79 Å². The molecule has 4 aromatic rings. The smallest absolute Gasteiger partial charge is 0.347 e. The Balaban J connectivity index is 1.57. The van der Waals surface area contributed by atoms with Crippen LogP contribution in [0, 0.1) is 0 Å². The highest BCUT2D eigenvalue weighted by Gasteiger charge is 2.47. The van der Waals surface area contributed by atoms with Crippen molar-refractivity contribution in [2.45, 2.75) is 19.4 Å². The van der Waals surface area contributed by atoms with Crippen LogP contribution in [-0.4, -0.2) is 39.4 Å². The quantitative estimate of drug-likeness (QED) is 0.276. The Hall–Kier alpha value is -4.85. The first-order valence-corrected chi connectivity index (χ1v) is 13.3. The fourth-order valence-electron chi connectivity index (χ4n) is 5.61. The summed E-state index contributed by atoms with van der Waals surface area (Å²) in [5, 5.41) is 3.86. The molecule has 6 rings (SSSR count). The van der Waals surface area contributed by atoms with Gasteiger partial charge in [0, 0.05) is 72.8 Å². The van der Waals surface area contributed by atoms with Crippen LogP contribution in [-0.2, 0) is 5.54 Å². The Bertz CT molecular complexity index is 1780. The number of carbonyl (C=O) groups is 2. The van der Waals surface area contributed by atoms with Crippen LogP contribution in [0.4, 0.5) is 11.4 Å². The molecule has 2 aliphatic rings. The topological polar surface area (TPSA) is 92.1 Å². The molecular formula is C32H29N3O5. The number of ether oxygens (including phenoxy) is 1. The van der Waals surface area contributed by atoms with E-state index in [2.05, 4.69) is 24.1 Å². The van der Waals surface area contributed by atoms with E-state index in [9.17, 15) is 14.4 Å². The van der Waals surface area contributed by atoms with Gasteiger partial charge in [-0.05, 0) is 61.9 Å². The Morgan fingerprint density at radius 1 is 0.875 bits per heavy atom. The van der Waals surface area contributed by atoms with Gasteiger partial charge >= 0.3 is 5.63 Å². The maximum Gasteiger partial charge on any atom is 0.347 e. The lowest BCUT2D eigenvalue weighted by molar-refractivity contribution is 0.0948. The fraction of sp³-hybridized carbons (Fsp3) is 0.219. The van der Waals surface area contributed by atoms with Gasteiger partial charge in [0.15, 0.2) is 0 Å². The van der Waals surface area contributed by atoms with Crippen molar-refractivity contribution in [1.82, 2.24) is 5.32 Å². The van der Waals surface area contributed by atoms with Gasteiger partial charge in [-0.1, -0.05) is 12.1 Å². The number of nitrogens with zero attached hydrogens (tertiary/aromatic N) is 2. The first kappa shape index (κ1) is 25.4. The van der Waals surface area contributed by atoms with E-state index >= 15 is 0 Å². The number of anilines is 2. The average molecular weight is 536 g/mol. The maximum atomic E-state index is 13.4. The number of nitrogens with one attached hydrogen (secondary N) is 1. The number of hydrogen-bond acceptors (Lipinski definition) is 7. The number of rotatable bonds is 6. The van der Waals surface area contributed by atoms with Crippen LogP contribution in [0.3, 0.4) is 0 Å². The zero-order chi connectivity index (χ0) is 28.2. The second kappa shape index (κ2) is 9.41. The first-order chi connectivity index (χ1) is 19.3. The van der Waals surface area contributed by atoms with E-state index < -0.39 is 11.2 Å². The van der Waals surface area contributed by atoms with Crippen LogP contribution in [0.1, 0.15) is 51.3 Å². The molecule has 0 saturated carbocycles. The van der Waals surface area contributed by atoms with E-state index in [0.29, 0.717) is 33.6 Å². The van der Waals surface area contributed by atoms with Gasteiger partial charge in [0.2, 0.25) is 0 Å². The molecule has 40 heavy (non-hydrogen) atoms. The summed E-state index contributed by atoms with van der Waals surface area (Å²) in [7, 11) is 3.84.